The molecule has 5 rings (SSSR count). The number of hydrogen-bond acceptors (Lipinski definition) is 7. The van der Waals surface area contributed by atoms with Crippen LogP contribution in [0.15, 0.2) is 41.2 Å². The number of fused-ring (bicyclic) bond motifs is 1. The van der Waals surface area contributed by atoms with Crippen LogP contribution in [0.3, 0.4) is 0 Å². The van der Waals surface area contributed by atoms with Crippen molar-refractivity contribution in [3.8, 4) is 22.8 Å². The van der Waals surface area contributed by atoms with Crippen molar-refractivity contribution in [1.82, 2.24) is 29.6 Å². The van der Waals surface area contributed by atoms with Crippen LogP contribution in [0.5, 0.6) is 0 Å². The number of morpholine rings is 1. The Hall–Kier alpha value is -3.80. The first-order valence-corrected chi connectivity index (χ1v) is 10.0. The lowest BCUT2D eigenvalue weighted by molar-refractivity contribution is -0.159. The van der Waals surface area contributed by atoms with Crippen LogP contribution in [0.1, 0.15) is 16.4 Å². The fourth-order valence-electron chi connectivity index (χ4n) is 3.67. The van der Waals surface area contributed by atoms with Crippen LogP contribution in [0.25, 0.3) is 33.7 Å². The van der Waals surface area contributed by atoms with Gasteiger partial charge in [-0.15, -0.1) is 0 Å². The number of halogens is 3. The number of alkyl halides is 3. The van der Waals surface area contributed by atoms with Crippen molar-refractivity contribution >= 4 is 16.8 Å². The molecule has 0 spiro atoms. The van der Waals surface area contributed by atoms with Crippen LogP contribution in [0.4, 0.5) is 13.2 Å². The molecule has 0 N–H and O–H groups in total. The van der Waals surface area contributed by atoms with Crippen LogP contribution in [0.2, 0.25) is 0 Å². The molecule has 0 unspecified atom stereocenters. The zero-order chi connectivity index (χ0) is 23.2. The SMILES string of the molecule is Cn1c(C(=O)N2CCOCC2)cc2cc(-c3cc(-c4noc(C(F)(F)F)n4)ccn3)ncc21. The number of rotatable bonds is 3. The summed E-state index contributed by atoms with van der Waals surface area (Å²) < 4.78 is 49.7. The number of carbonyl (C=O) groups is 1. The molecule has 1 aliphatic rings. The number of hydrogen-bond donors (Lipinski definition) is 0. The van der Waals surface area contributed by atoms with E-state index in [1.165, 1.54) is 18.3 Å². The second-order valence-electron chi connectivity index (χ2n) is 7.47. The minimum atomic E-state index is -4.72. The summed E-state index contributed by atoms with van der Waals surface area (Å²) in [6.07, 6.45) is -1.67. The third-order valence-corrected chi connectivity index (χ3v) is 5.40. The van der Waals surface area contributed by atoms with E-state index in [1.807, 2.05) is 0 Å². The van der Waals surface area contributed by atoms with Crippen molar-refractivity contribution in [2.24, 2.45) is 7.05 Å². The van der Waals surface area contributed by atoms with Crippen molar-refractivity contribution in [3.63, 3.8) is 0 Å². The molecule has 5 heterocycles. The van der Waals surface area contributed by atoms with E-state index in [1.54, 1.807) is 34.8 Å². The third kappa shape index (κ3) is 3.93. The van der Waals surface area contributed by atoms with Gasteiger partial charge in [0.25, 0.3) is 5.91 Å². The number of aryl methyl sites for hydroxylation is 1. The van der Waals surface area contributed by atoms with Gasteiger partial charge >= 0.3 is 12.1 Å². The molecule has 1 amide bonds. The molecule has 170 valence electrons. The first-order valence-electron chi connectivity index (χ1n) is 10.0. The van der Waals surface area contributed by atoms with Crippen LogP contribution in [0, 0.1) is 0 Å². The Morgan fingerprint density at radius 3 is 2.58 bits per heavy atom. The number of pyridine rings is 2. The number of aromatic nitrogens is 5. The molecule has 0 aromatic carbocycles. The van der Waals surface area contributed by atoms with E-state index < -0.39 is 12.1 Å². The minimum Gasteiger partial charge on any atom is -0.378 e. The summed E-state index contributed by atoms with van der Waals surface area (Å²) >= 11 is 0. The van der Waals surface area contributed by atoms with E-state index in [9.17, 15) is 18.0 Å². The summed E-state index contributed by atoms with van der Waals surface area (Å²) in [4.78, 5) is 26.8. The Morgan fingerprint density at radius 1 is 1.09 bits per heavy atom. The van der Waals surface area contributed by atoms with Crippen LogP contribution in [-0.2, 0) is 18.0 Å². The maximum absolute atomic E-state index is 12.9. The number of nitrogens with zero attached hydrogens (tertiary/aromatic N) is 6. The predicted octanol–water partition coefficient (Wildman–Crippen LogP) is 3.18. The lowest BCUT2D eigenvalue weighted by atomic mass is 10.1. The monoisotopic (exact) mass is 458 g/mol. The summed E-state index contributed by atoms with van der Waals surface area (Å²) in [6, 6.07) is 6.57. The molecule has 9 nitrogen and oxygen atoms in total. The van der Waals surface area contributed by atoms with Crippen molar-refractivity contribution in [3.05, 3.63) is 48.2 Å². The van der Waals surface area contributed by atoms with E-state index in [2.05, 4.69) is 24.6 Å². The van der Waals surface area contributed by atoms with Crippen molar-refractivity contribution in [2.45, 2.75) is 6.18 Å². The van der Waals surface area contributed by atoms with E-state index >= 15 is 0 Å². The number of carbonyl (C=O) groups excluding carboxylic acids is 1. The fraction of sp³-hybridized carbons (Fsp3) is 0.286. The van der Waals surface area contributed by atoms with Gasteiger partial charge in [-0.2, -0.15) is 18.2 Å². The Balaban J connectivity index is 1.47. The molecule has 0 saturated carbocycles. The highest BCUT2D eigenvalue weighted by Crippen LogP contribution is 2.30. The summed E-state index contributed by atoms with van der Waals surface area (Å²) in [5, 5.41) is 4.19. The largest absolute Gasteiger partial charge is 0.471 e. The second kappa shape index (κ2) is 7.96. The van der Waals surface area contributed by atoms with Gasteiger partial charge in [-0.05, 0) is 24.3 Å². The van der Waals surface area contributed by atoms with Gasteiger partial charge in [0.15, 0.2) is 0 Å². The molecule has 1 aliphatic heterocycles. The molecule has 12 heteroatoms. The Labute approximate surface area is 184 Å². The van der Waals surface area contributed by atoms with Crippen molar-refractivity contribution < 1.29 is 27.2 Å². The zero-order valence-electron chi connectivity index (χ0n) is 17.3. The summed E-state index contributed by atoms with van der Waals surface area (Å²) in [5.41, 5.74) is 2.49. The molecule has 0 aliphatic carbocycles. The van der Waals surface area contributed by atoms with E-state index in [-0.39, 0.29) is 11.7 Å². The average molecular weight is 458 g/mol. The van der Waals surface area contributed by atoms with Crippen LogP contribution in [-0.4, -0.2) is 61.8 Å². The summed E-state index contributed by atoms with van der Waals surface area (Å²) in [6.45, 7) is 2.09. The van der Waals surface area contributed by atoms with E-state index in [4.69, 9.17) is 4.74 Å². The minimum absolute atomic E-state index is 0.0868. The van der Waals surface area contributed by atoms with Crippen LogP contribution >= 0.6 is 0 Å². The molecule has 0 bridgehead atoms. The topological polar surface area (TPSA) is 99.2 Å². The Kier molecular flexibility index (Phi) is 5.08. The van der Waals surface area contributed by atoms with Gasteiger partial charge in [-0.1, -0.05) is 5.16 Å². The predicted molar refractivity (Wildman–Crippen MR) is 109 cm³/mol. The highest BCUT2D eigenvalue weighted by atomic mass is 19.4. The normalized spacial score (nSPS) is 14.7. The van der Waals surface area contributed by atoms with Gasteiger partial charge in [0, 0.05) is 37.3 Å². The molecule has 1 fully saturated rings. The second-order valence-corrected chi connectivity index (χ2v) is 7.47. The highest BCUT2D eigenvalue weighted by molar-refractivity contribution is 5.99. The number of ether oxygens (including phenoxy) is 1. The molecule has 4 aromatic rings. The standard InChI is InChI=1S/C21H17F3N6O3/c1-29-16(19(31)30-4-6-32-7-5-30)10-13-9-15(26-11-17(13)29)14-8-12(2-3-25-14)18-27-20(33-28-18)21(22,23)24/h2-3,8-11H,4-7H2,1H3. The maximum atomic E-state index is 12.9. The maximum Gasteiger partial charge on any atom is 0.471 e. The average Bonchev–Trinajstić information content (AvgIpc) is 3.45. The molecule has 0 atom stereocenters. The number of amides is 1. The van der Waals surface area contributed by atoms with E-state index in [0.29, 0.717) is 48.9 Å². The van der Waals surface area contributed by atoms with Gasteiger partial charge in [-0.25, -0.2) is 0 Å². The first-order chi connectivity index (χ1) is 15.8. The zero-order valence-corrected chi connectivity index (χ0v) is 17.3. The highest BCUT2D eigenvalue weighted by Gasteiger charge is 2.38. The Bertz CT molecular complexity index is 1340. The summed E-state index contributed by atoms with van der Waals surface area (Å²) in [5.74, 6) is -1.71. The van der Waals surface area contributed by atoms with Gasteiger partial charge in [0.05, 0.1) is 36.3 Å². The molecule has 0 radical (unpaired) electrons. The molecule has 33 heavy (non-hydrogen) atoms. The van der Waals surface area contributed by atoms with Gasteiger partial charge < -0.3 is 18.7 Å². The molecular weight excluding hydrogens is 441 g/mol. The Morgan fingerprint density at radius 2 is 1.85 bits per heavy atom. The smallest absolute Gasteiger partial charge is 0.378 e. The lowest BCUT2D eigenvalue weighted by Gasteiger charge is -2.26. The lowest BCUT2D eigenvalue weighted by Crippen LogP contribution is -2.41. The van der Waals surface area contributed by atoms with Crippen molar-refractivity contribution in [1.29, 1.82) is 0 Å². The summed E-state index contributed by atoms with van der Waals surface area (Å²) in [7, 11) is 1.80. The van der Waals surface area contributed by atoms with Gasteiger partial charge in [0.1, 0.15) is 5.69 Å². The first kappa shape index (κ1) is 21.1. The molecule has 4 aromatic heterocycles. The fourth-order valence-corrected chi connectivity index (χ4v) is 3.67. The quantitative estimate of drug-likeness (QED) is 0.465. The van der Waals surface area contributed by atoms with Crippen LogP contribution < -0.4 is 0 Å². The van der Waals surface area contributed by atoms with Crippen molar-refractivity contribution in [2.75, 3.05) is 26.3 Å². The third-order valence-electron chi connectivity index (χ3n) is 5.40. The van der Waals surface area contributed by atoms with Gasteiger partial charge in [-0.3, -0.25) is 14.8 Å². The molecular formula is C21H17F3N6O3. The van der Waals surface area contributed by atoms with E-state index in [0.717, 1.165) is 10.9 Å². The van der Waals surface area contributed by atoms with Gasteiger partial charge in [0.2, 0.25) is 5.82 Å². The molecule has 1 saturated heterocycles.